The molecule has 0 spiro atoms. The summed E-state index contributed by atoms with van der Waals surface area (Å²) >= 11 is 0. The lowest BCUT2D eigenvalue weighted by molar-refractivity contribution is -0.121. The molecule has 0 unspecified atom stereocenters. The standard InChI is InChI=1S/C27H34FN5O3/c1-17-21(18(2)30-25-24(17)26(35)32(4)27(36)31(25)3)9-10-23(34)29-15-19-11-13-33(14-12-19)16-20-7-5-6-8-22(20)28/h5-8,19H,9-16H2,1-4H3,(H,29,34). The van der Waals surface area contributed by atoms with E-state index >= 15 is 0 Å². The maximum Gasteiger partial charge on any atom is 0.332 e. The highest BCUT2D eigenvalue weighted by molar-refractivity contribution is 5.80. The Labute approximate surface area is 209 Å². The number of benzene rings is 1. The van der Waals surface area contributed by atoms with E-state index in [1.54, 1.807) is 13.1 Å². The molecule has 1 aliphatic rings. The number of halogens is 1. The summed E-state index contributed by atoms with van der Waals surface area (Å²) in [5.74, 6) is 0.209. The van der Waals surface area contributed by atoms with Crippen molar-refractivity contribution in [1.82, 2.24) is 24.3 Å². The maximum absolute atomic E-state index is 13.9. The SMILES string of the molecule is Cc1nc2c(c(C)c1CCC(=O)NCC1CCN(Cc3ccccc3F)CC1)c(=O)n(C)c(=O)n2C. The Bertz CT molecular complexity index is 1400. The van der Waals surface area contributed by atoms with Gasteiger partial charge in [-0.2, -0.15) is 0 Å². The summed E-state index contributed by atoms with van der Waals surface area (Å²) in [6.45, 7) is 6.70. The topological polar surface area (TPSA) is 89.2 Å². The van der Waals surface area contributed by atoms with Gasteiger partial charge in [-0.15, -0.1) is 0 Å². The fourth-order valence-electron chi connectivity index (χ4n) is 5.11. The van der Waals surface area contributed by atoms with Gasteiger partial charge in [0.15, 0.2) is 0 Å². The second-order valence-electron chi connectivity index (χ2n) is 9.82. The number of aromatic nitrogens is 3. The summed E-state index contributed by atoms with van der Waals surface area (Å²) in [4.78, 5) is 44.4. The minimum absolute atomic E-state index is 0.0314. The summed E-state index contributed by atoms with van der Waals surface area (Å²) < 4.78 is 16.4. The van der Waals surface area contributed by atoms with Gasteiger partial charge in [0.1, 0.15) is 11.5 Å². The fourth-order valence-corrected chi connectivity index (χ4v) is 5.11. The van der Waals surface area contributed by atoms with Crippen molar-refractivity contribution in [1.29, 1.82) is 0 Å². The molecule has 0 aliphatic carbocycles. The first-order chi connectivity index (χ1) is 17.2. The van der Waals surface area contributed by atoms with Crippen LogP contribution < -0.4 is 16.6 Å². The highest BCUT2D eigenvalue weighted by atomic mass is 19.1. The van der Waals surface area contributed by atoms with Gasteiger partial charge in [-0.1, -0.05) is 18.2 Å². The summed E-state index contributed by atoms with van der Waals surface area (Å²) in [5, 5.41) is 3.48. The zero-order valence-electron chi connectivity index (χ0n) is 21.4. The lowest BCUT2D eigenvalue weighted by Gasteiger charge is -2.32. The Kier molecular flexibility index (Phi) is 7.68. The zero-order chi connectivity index (χ0) is 26.0. The zero-order valence-corrected chi connectivity index (χ0v) is 21.4. The molecular weight excluding hydrogens is 461 g/mol. The lowest BCUT2D eigenvalue weighted by atomic mass is 9.96. The van der Waals surface area contributed by atoms with Crippen LogP contribution in [0.25, 0.3) is 11.0 Å². The Morgan fingerprint density at radius 3 is 2.50 bits per heavy atom. The van der Waals surface area contributed by atoms with Crippen LogP contribution in [0.4, 0.5) is 4.39 Å². The lowest BCUT2D eigenvalue weighted by Crippen LogP contribution is -2.38. The normalized spacial score (nSPS) is 14.9. The number of nitrogens with one attached hydrogen (secondary N) is 1. The molecule has 1 fully saturated rings. The second-order valence-corrected chi connectivity index (χ2v) is 9.82. The molecule has 4 rings (SSSR count). The molecule has 1 N–H and O–H groups in total. The Balaban J connectivity index is 1.31. The highest BCUT2D eigenvalue weighted by Gasteiger charge is 2.21. The summed E-state index contributed by atoms with van der Waals surface area (Å²) in [7, 11) is 3.06. The van der Waals surface area contributed by atoms with Gasteiger partial charge < -0.3 is 5.32 Å². The van der Waals surface area contributed by atoms with Crippen LogP contribution in [-0.2, 0) is 31.9 Å². The summed E-state index contributed by atoms with van der Waals surface area (Å²) in [6, 6.07) is 6.89. The molecule has 3 heterocycles. The van der Waals surface area contributed by atoms with Gasteiger partial charge in [0.25, 0.3) is 5.56 Å². The Morgan fingerprint density at radius 1 is 1.11 bits per heavy atom. The van der Waals surface area contributed by atoms with Crippen molar-refractivity contribution in [3.63, 3.8) is 0 Å². The molecule has 3 aromatic rings. The van der Waals surface area contributed by atoms with E-state index < -0.39 is 5.69 Å². The molecule has 2 aromatic heterocycles. The van der Waals surface area contributed by atoms with E-state index in [4.69, 9.17) is 0 Å². The van der Waals surface area contributed by atoms with Crippen LogP contribution in [0.5, 0.6) is 0 Å². The average Bonchev–Trinajstić information content (AvgIpc) is 2.86. The van der Waals surface area contributed by atoms with E-state index in [2.05, 4.69) is 15.2 Å². The molecule has 1 saturated heterocycles. The molecule has 1 aromatic carbocycles. The second kappa shape index (κ2) is 10.7. The van der Waals surface area contributed by atoms with Crippen LogP contribution in [0, 0.1) is 25.6 Å². The highest BCUT2D eigenvalue weighted by Crippen LogP contribution is 2.22. The van der Waals surface area contributed by atoms with Gasteiger partial charge in [0, 0.05) is 44.9 Å². The van der Waals surface area contributed by atoms with Gasteiger partial charge in [-0.25, -0.2) is 14.2 Å². The molecule has 36 heavy (non-hydrogen) atoms. The number of fused-ring (bicyclic) bond motifs is 1. The van der Waals surface area contributed by atoms with Crippen molar-refractivity contribution in [2.75, 3.05) is 19.6 Å². The van der Waals surface area contributed by atoms with Crippen LogP contribution in [-0.4, -0.2) is 44.6 Å². The van der Waals surface area contributed by atoms with Crippen molar-refractivity contribution < 1.29 is 9.18 Å². The van der Waals surface area contributed by atoms with E-state index in [0.29, 0.717) is 42.9 Å². The van der Waals surface area contributed by atoms with Crippen LogP contribution in [0.3, 0.4) is 0 Å². The number of hydrogen-bond donors (Lipinski definition) is 1. The third-order valence-electron chi connectivity index (χ3n) is 7.42. The minimum Gasteiger partial charge on any atom is -0.356 e. The number of carbonyl (C=O) groups is 1. The molecule has 0 saturated carbocycles. The van der Waals surface area contributed by atoms with Crippen LogP contribution in [0.15, 0.2) is 33.9 Å². The predicted molar refractivity (Wildman–Crippen MR) is 137 cm³/mol. The van der Waals surface area contributed by atoms with Crippen LogP contribution >= 0.6 is 0 Å². The molecular formula is C27H34FN5O3. The number of hydrogen-bond acceptors (Lipinski definition) is 5. The van der Waals surface area contributed by atoms with Gasteiger partial charge in [-0.05, 0) is 69.3 Å². The first-order valence-corrected chi connectivity index (χ1v) is 12.5. The molecule has 1 amide bonds. The van der Waals surface area contributed by atoms with Crippen molar-refractivity contribution in [2.45, 2.75) is 46.1 Å². The number of rotatable bonds is 7. The van der Waals surface area contributed by atoms with E-state index in [1.807, 2.05) is 26.0 Å². The molecule has 0 radical (unpaired) electrons. The van der Waals surface area contributed by atoms with E-state index in [9.17, 15) is 18.8 Å². The molecule has 0 bridgehead atoms. The smallest absolute Gasteiger partial charge is 0.332 e. The largest absolute Gasteiger partial charge is 0.356 e. The third-order valence-corrected chi connectivity index (χ3v) is 7.42. The number of carbonyl (C=O) groups excluding carboxylic acids is 1. The molecule has 0 atom stereocenters. The Morgan fingerprint density at radius 2 is 1.81 bits per heavy atom. The van der Waals surface area contributed by atoms with E-state index in [0.717, 1.165) is 52.9 Å². The fraction of sp³-hybridized carbons (Fsp3) is 0.481. The van der Waals surface area contributed by atoms with E-state index in [-0.39, 0.29) is 17.3 Å². The van der Waals surface area contributed by atoms with Crippen molar-refractivity contribution in [3.8, 4) is 0 Å². The quantitative estimate of drug-likeness (QED) is 0.544. The first-order valence-electron chi connectivity index (χ1n) is 12.5. The molecule has 192 valence electrons. The van der Waals surface area contributed by atoms with Gasteiger partial charge in [0.2, 0.25) is 5.91 Å². The monoisotopic (exact) mass is 495 g/mol. The molecule has 9 heteroatoms. The number of pyridine rings is 1. The summed E-state index contributed by atoms with van der Waals surface area (Å²) in [5.41, 5.74) is 2.66. The van der Waals surface area contributed by atoms with Gasteiger partial charge in [0.05, 0.1) is 5.39 Å². The number of nitrogens with zero attached hydrogens (tertiary/aromatic N) is 4. The number of amides is 1. The van der Waals surface area contributed by atoms with E-state index in [1.165, 1.54) is 17.7 Å². The minimum atomic E-state index is -0.413. The molecule has 1 aliphatic heterocycles. The number of piperidine rings is 1. The van der Waals surface area contributed by atoms with Gasteiger partial charge in [-0.3, -0.25) is 23.6 Å². The van der Waals surface area contributed by atoms with Crippen molar-refractivity contribution in [3.05, 3.63) is 73.3 Å². The van der Waals surface area contributed by atoms with Crippen LogP contribution in [0.2, 0.25) is 0 Å². The predicted octanol–water partition coefficient (Wildman–Crippen LogP) is 2.35. The maximum atomic E-state index is 13.9. The van der Waals surface area contributed by atoms with Gasteiger partial charge >= 0.3 is 5.69 Å². The average molecular weight is 496 g/mol. The number of aryl methyl sites for hydroxylation is 3. The molecule has 8 nitrogen and oxygen atoms in total. The van der Waals surface area contributed by atoms with Crippen molar-refractivity contribution >= 4 is 16.9 Å². The first kappa shape index (κ1) is 25.8. The van der Waals surface area contributed by atoms with Crippen molar-refractivity contribution in [2.24, 2.45) is 20.0 Å². The van der Waals surface area contributed by atoms with Crippen LogP contribution in [0.1, 0.15) is 41.6 Å². The Hall–Kier alpha value is -3.33. The summed E-state index contributed by atoms with van der Waals surface area (Å²) in [6.07, 6.45) is 2.69. The number of likely N-dealkylation sites (tertiary alicyclic amines) is 1. The third kappa shape index (κ3) is 5.26.